The molecule has 2 aromatic rings. The smallest absolute Gasteiger partial charge is 0.173 e. The quantitative estimate of drug-likeness (QED) is 0.772. The Labute approximate surface area is 132 Å². The summed E-state index contributed by atoms with van der Waals surface area (Å²) in [5.74, 6) is 0.627. The van der Waals surface area contributed by atoms with Crippen molar-refractivity contribution in [2.24, 2.45) is 5.92 Å². The summed E-state index contributed by atoms with van der Waals surface area (Å²) in [6.07, 6.45) is 1.75. The SMILES string of the molecule is CC(C)(c1ccnc(Br)c1)C1COc2ccccc2C1=O. The molecule has 0 bridgehead atoms. The zero-order valence-corrected chi connectivity index (χ0v) is 13.6. The maximum atomic E-state index is 12.8. The highest BCUT2D eigenvalue weighted by Gasteiger charge is 2.41. The van der Waals surface area contributed by atoms with Crippen molar-refractivity contribution in [3.05, 3.63) is 58.3 Å². The van der Waals surface area contributed by atoms with Gasteiger partial charge in [-0.05, 0) is 45.8 Å². The summed E-state index contributed by atoms with van der Waals surface area (Å²) in [5, 5.41) is 0. The van der Waals surface area contributed by atoms with E-state index in [-0.39, 0.29) is 17.1 Å². The number of nitrogens with zero attached hydrogens (tertiary/aromatic N) is 1. The largest absolute Gasteiger partial charge is 0.492 e. The molecule has 3 rings (SSSR count). The van der Waals surface area contributed by atoms with Crippen molar-refractivity contribution in [1.82, 2.24) is 4.98 Å². The van der Waals surface area contributed by atoms with Gasteiger partial charge in [-0.1, -0.05) is 26.0 Å². The summed E-state index contributed by atoms with van der Waals surface area (Å²) in [6.45, 7) is 4.56. The first-order chi connectivity index (χ1) is 10.00. The normalized spacial score (nSPS) is 18.0. The molecule has 1 aromatic carbocycles. The number of ketones is 1. The first kappa shape index (κ1) is 14.3. The van der Waals surface area contributed by atoms with Crippen LogP contribution < -0.4 is 4.74 Å². The number of hydrogen-bond acceptors (Lipinski definition) is 3. The minimum atomic E-state index is -0.323. The Hall–Kier alpha value is -1.68. The van der Waals surface area contributed by atoms with Gasteiger partial charge in [-0.15, -0.1) is 0 Å². The molecular formula is C17H16BrNO2. The lowest BCUT2D eigenvalue weighted by molar-refractivity contribution is 0.0737. The molecule has 0 radical (unpaired) electrons. The number of rotatable bonds is 2. The van der Waals surface area contributed by atoms with E-state index in [1.807, 2.05) is 36.4 Å². The molecule has 0 spiro atoms. The number of carbonyl (C=O) groups is 1. The maximum absolute atomic E-state index is 12.8. The van der Waals surface area contributed by atoms with Crippen LogP contribution in [0.15, 0.2) is 47.2 Å². The number of ether oxygens (including phenoxy) is 1. The Kier molecular flexibility index (Phi) is 3.57. The molecule has 0 N–H and O–H groups in total. The standard InChI is InChI=1S/C17H16BrNO2/c1-17(2,11-7-8-19-15(18)9-11)13-10-21-14-6-4-3-5-12(14)16(13)20/h3-9,13H,10H2,1-2H3. The number of fused-ring (bicyclic) bond motifs is 1. The van der Waals surface area contributed by atoms with Crippen LogP contribution in [0.5, 0.6) is 5.75 Å². The zero-order chi connectivity index (χ0) is 15.0. The average Bonchev–Trinajstić information content (AvgIpc) is 2.47. The summed E-state index contributed by atoms with van der Waals surface area (Å²) in [7, 11) is 0. The van der Waals surface area contributed by atoms with Crippen LogP contribution in [-0.4, -0.2) is 17.4 Å². The number of carbonyl (C=O) groups excluding carboxylic acids is 1. The van der Waals surface area contributed by atoms with E-state index in [1.165, 1.54) is 0 Å². The molecule has 0 amide bonds. The van der Waals surface area contributed by atoms with Gasteiger partial charge < -0.3 is 4.74 Å². The second-order valence-corrected chi connectivity index (χ2v) is 6.63. The number of halogens is 1. The molecule has 108 valence electrons. The van der Waals surface area contributed by atoms with Gasteiger partial charge in [0, 0.05) is 11.6 Å². The first-order valence-corrected chi connectivity index (χ1v) is 7.67. The van der Waals surface area contributed by atoms with Crippen molar-refractivity contribution in [1.29, 1.82) is 0 Å². The topological polar surface area (TPSA) is 39.2 Å². The van der Waals surface area contributed by atoms with Crippen molar-refractivity contribution in [3.8, 4) is 5.75 Å². The second-order valence-electron chi connectivity index (χ2n) is 5.81. The summed E-state index contributed by atoms with van der Waals surface area (Å²) >= 11 is 3.39. The molecule has 0 aliphatic carbocycles. The monoisotopic (exact) mass is 345 g/mol. The molecule has 0 fully saturated rings. The first-order valence-electron chi connectivity index (χ1n) is 6.88. The fourth-order valence-electron chi connectivity index (χ4n) is 2.77. The van der Waals surface area contributed by atoms with Crippen LogP contribution in [0.2, 0.25) is 0 Å². The van der Waals surface area contributed by atoms with E-state index >= 15 is 0 Å². The van der Waals surface area contributed by atoms with Crippen LogP contribution in [0, 0.1) is 5.92 Å². The molecule has 4 heteroatoms. The minimum absolute atomic E-state index is 0.148. The predicted octanol–water partition coefficient (Wildman–Crippen LogP) is 4.01. The Morgan fingerprint density at radius 3 is 2.81 bits per heavy atom. The van der Waals surface area contributed by atoms with Gasteiger partial charge in [0.2, 0.25) is 0 Å². The van der Waals surface area contributed by atoms with Gasteiger partial charge in [0.1, 0.15) is 10.4 Å². The van der Waals surface area contributed by atoms with Crippen molar-refractivity contribution >= 4 is 21.7 Å². The Balaban J connectivity index is 1.99. The van der Waals surface area contributed by atoms with E-state index in [4.69, 9.17) is 4.74 Å². The van der Waals surface area contributed by atoms with Crippen molar-refractivity contribution in [2.75, 3.05) is 6.61 Å². The van der Waals surface area contributed by atoms with Crippen LogP contribution in [0.4, 0.5) is 0 Å². The van der Waals surface area contributed by atoms with E-state index in [0.717, 1.165) is 10.2 Å². The Morgan fingerprint density at radius 1 is 1.29 bits per heavy atom. The van der Waals surface area contributed by atoms with Gasteiger partial charge in [0.05, 0.1) is 18.1 Å². The third-order valence-electron chi connectivity index (χ3n) is 4.22. The highest BCUT2D eigenvalue weighted by atomic mass is 79.9. The molecule has 1 atom stereocenters. The highest BCUT2D eigenvalue weighted by Crippen LogP contribution is 2.39. The lowest BCUT2D eigenvalue weighted by Crippen LogP contribution is -2.41. The van der Waals surface area contributed by atoms with Crippen LogP contribution in [-0.2, 0) is 5.41 Å². The van der Waals surface area contributed by atoms with E-state index in [9.17, 15) is 4.79 Å². The van der Waals surface area contributed by atoms with E-state index in [1.54, 1.807) is 6.20 Å². The van der Waals surface area contributed by atoms with Gasteiger partial charge in [-0.2, -0.15) is 0 Å². The molecule has 2 heterocycles. The van der Waals surface area contributed by atoms with Crippen LogP contribution in [0.25, 0.3) is 0 Å². The number of hydrogen-bond donors (Lipinski definition) is 0. The van der Waals surface area contributed by atoms with Crippen LogP contribution >= 0.6 is 15.9 Å². The number of para-hydroxylation sites is 1. The molecule has 1 aliphatic heterocycles. The fourth-order valence-corrected chi connectivity index (χ4v) is 3.14. The fraction of sp³-hybridized carbons (Fsp3) is 0.294. The minimum Gasteiger partial charge on any atom is -0.492 e. The maximum Gasteiger partial charge on any atom is 0.173 e. The van der Waals surface area contributed by atoms with Crippen LogP contribution in [0.3, 0.4) is 0 Å². The molecule has 0 saturated heterocycles. The van der Waals surface area contributed by atoms with Crippen molar-refractivity contribution in [2.45, 2.75) is 19.3 Å². The third kappa shape index (κ3) is 2.48. The van der Waals surface area contributed by atoms with E-state index < -0.39 is 0 Å². The third-order valence-corrected chi connectivity index (χ3v) is 4.65. The summed E-state index contributed by atoms with van der Waals surface area (Å²) < 4.78 is 6.57. The van der Waals surface area contributed by atoms with Gasteiger partial charge in [-0.3, -0.25) is 4.79 Å². The lowest BCUT2D eigenvalue weighted by Gasteiger charge is -2.36. The molecular weight excluding hydrogens is 330 g/mol. The number of pyridine rings is 1. The average molecular weight is 346 g/mol. The number of Topliss-reactive ketones (excluding diaryl/α,β-unsaturated/α-hetero) is 1. The number of benzene rings is 1. The Bertz CT molecular complexity index is 697. The van der Waals surface area contributed by atoms with Crippen LogP contribution in [0.1, 0.15) is 29.8 Å². The van der Waals surface area contributed by atoms with Gasteiger partial charge >= 0.3 is 0 Å². The lowest BCUT2D eigenvalue weighted by atomic mass is 9.70. The van der Waals surface area contributed by atoms with Gasteiger partial charge in [-0.25, -0.2) is 4.98 Å². The molecule has 0 saturated carbocycles. The van der Waals surface area contributed by atoms with Gasteiger partial charge in [0.15, 0.2) is 5.78 Å². The molecule has 3 nitrogen and oxygen atoms in total. The summed E-state index contributed by atoms with van der Waals surface area (Å²) in [6, 6.07) is 11.4. The van der Waals surface area contributed by atoms with E-state index in [2.05, 4.69) is 34.8 Å². The van der Waals surface area contributed by atoms with Gasteiger partial charge in [0.25, 0.3) is 0 Å². The zero-order valence-electron chi connectivity index (χ0n) is 12.0. The second kappa shape index (κ2) is 5.26. The molecule has 1 aliphatic rings. The summed E-state index contributed by atoms with van der Waals surface area (Å²) in [4.78, 5) is 17.0. The number of aromatic nitrogens is 1. The molecule has 21 heavy (non-hydrogen) atoms. The molecule has 1 aromatic heterocycles. The predicted molar refractivity (Wildman–Crippen MR) is 84.7 cm³/mol. The van der Waals surface area contributed by atoms with E-state index in [0.29, 0.717) is 17.9 Å². The Morgan fingerprint density at radius 2 is 2.05 bits per heavy atom. The highest BCUT2D eigenvalue weighted by molar-refractivity contribution is 9.10. The van der Waals surface area contributed by atoms with Crippen molar-refractivity contribution in [3.63, 3.8) is 0 Å². The summed E-state index contributed by atoms with van der Waals surface area (Å²) in [5.41, 5.74) is 1.43. The van der Waals surface area contributed by atoms with Crippen molar-refractivity contribution < 1.29 is 9.53 Å². The molecule has 1 unspecified atom stereocenters.